The van der Waals surface area contributed by atoms with Crippen LogP contribution in [0.25, 0.3) is 0 Å². The molecule has 4 heterocycles. The first kappa shape index (κ1) is 31.4. The summed E-state index contributed by atoms with van der Waals surface area (Å²) in [6.45, 7) is 7.46. The summed E-state index contributed by atoms with van der Waals surface area (Å²) in [4.78, 5) is 32.1. The Bertz CT molecular complexity index is 1270. The Hall–Kier alpha value is -2.53. The number of nitrogens with two attached hydrogens (primary N) is 2. The number of ether oxygens (including phenoxy) is 2. The molecule has 0 aliphatic carbocycles. The molecule has 0 radical (unpaired) electrons. The van der Waals surface area contributed by atoms with Gasteiger partial charge in [0.15, 0.2) is 0 Å². The van der Waals surface area contributed by atoms with Gasteiger partial charge in [0.1, 0.15) is 68.6 Å². The largest absolute Gasteiger partial charge is 0.465 e. The summed E-state index contributed by atoms with van der Waals surface area (Å²) < 4.78 is 33.5. The van der Waals surface area contributed by atoms with Gasteiger partial charge in [0.2, 0.25) is 0 Å². The van der Waals surface area contributed by atoms with Gasteiger partial charge in [-0.15, -0.1) is 4.65 Å². The third-order valence-corrected chi connectivity index (χ3v) is 8.93. The van der Waals surface area contributed by atoms with Crippen LogP contribution in [0.15, 0.2) is 34.1 Å². The van der Waals surface area contributed by atoms with Crippen molar-refractivity contribution in [1.82, 2.24) is 19.1 Å². The molecule has 0 aromatic carbocycles. The van der Waals surface area contributed by atoms with E-state index < -0.39 is 56.9 Å². The topological polar surface area (TPSA) is 208 Å². The standard InChI is InChI=1S/C24H38N7O9P/c1-4-31(5-2,6-3)40-41(36-14-18-15(33)11-21(38-18)29-9-7-19(25)27-23(29)34)39-16-12-22(37-17(16)13-32)30-10-8-20(26)28-24(30)35/h7-10,15-18,21-22,32-33,41H,4-6,11-14H2,1-3H3,(H2-2,25,26,27,28,34,35)/p+2/t15-,16-,17+,18+,21+,22+/m0/s1. The lowest BCUT2D eigenvalue weighted by Gasteiger charge is -2.30. The first-order valence-electron chi connectivity index (χ1n) is 13.6. The van der Waals surface area contributed by atoms with Crippen LogP contribution >= 0.6 is 8.60 Å². The minimum absolute atomic E-state index is 0.0810. The molecule has 0 bridgehead atoms. The number of nitrogens with zero attached hydrogens (tertiary/aromatic N) is 5. The fraction of sp³-hybridized carbons (Fsp3) is 0.667. The summed E-state index contributed by atoms with van der Waals surface area (Å²) >= 11 is 0. The SMILES string of the molecule is CC[N+](CC)(CC)O[PH+](OC[C@H]1O[C@@H](n2ccc(N)nc2=O)C[C@@H]1O)O[C@H]1C[C@H](n2ccc(N)nc2=O)O[C@@H]1CO. The number of aliphatic hydroxyl groups is 2. The summed E-state index contributed by atoms with van der Waals surface area (Å²) in [5, 5.41) is 20.7. The van der Waals surface area contributed by atoms with Crippen LogP contribution in [0.3, 0.4) is 0 Å². The summed E-state index contributed by atoms with van der Waals surface area (Å²) in [7, 11) is -2.52. The molecule has 1 unspecified atom stereocenters. The van der Waals surface area contributed by atoms with E-state index in [1.807, 2.05) is 20.8 Å². The van der Waals surface area contributed by atoms with E-state index in [4.69, 9.17) is 34.6 Å². The number of quaternary nitrogens is 1. The number of nitrogen functional groups attached to an aromatic ring is 2. The van der Waals surface area contributed by atoms with E-state index in [1.165, 1.54) is 33.7 Å². The zero-order valence-electron chi connectivity index (χ0n) is 23.4. The minimum atomic E-state index is -2.52. The van der Waals surface area contributed by atoms with Gasteiger partial charge in [-0.2, -0.15) is 19.0 Å². The lowest BCUT2D eigenvalue weighted by Crippen LogP contribution is -2.46. The Morgan fingerprint density at radius 3 is 2.02 bits per heavy atom. The molecule has 0 amide bonds. The van der Waals surface area contributed by atoms with Gasteiger partial charge in [-0.05, 0) is 32.9 Å². The quantitative estimate of drug-likeness (QED) is 0.133. The molecule has 0 saturated carbocycles. The molecule has 17 heteroatoms. The lowest BCUT2D eigenvalue weighted by atomic mass is 10.2. The maximum absolute atomic E-state index is 12.4. The minimum Gasteiger partial charge on any atom is -0.394 e. The van der Waals surface area contributed by atoms with Crippen LogP contribution in [0.2, 0.25) is 0 Å². The number of anilines is 2. The Labute approximate surface area is 237 Å². The molecule has 6 N–H and O–H groups in total. The fourth-order valence-electron chi connectivity index (χ4n) is 4.86. The molecule has 41 heavy (non-hydrogen) atoms. The highest BCUT2D eigenvalue weighted by molar-refractivity contribution is 7.41. The number of hydrogen-bond donors (Lipinski definition) is 4. The van der Waals surface area contributed by atoms with Gasteiger partial charge >= 0.3 is 20.0 Å². The van der Waals surface area contributed by atoms with E-state index >= 15 is 0 Å². The summed E-state index contributed by atoms with van der Waals surface area (Å²) in [6, 6.07) is 2.96. The first-order chi connectivity index (χ1) is 19.6. The van der Waals surface area contributed by atoms with E-state index in [-0.39, 0.29) is 42.3 Å². The zero-order chi connectivity index (χ0) is 29.7. The van der Waals surface area contributed by atoms with Gasteiger partial charge in [0.05, 0.1) is 12.7 Å². The third-order valence-electron chi connectivity index (χ3n) is 7.50. The second-order valence-corrected chi connectivity index (χ2v) is 11.1. The van der Waals surface area contributed by atoms with Crippen molar-refractivity contribution in [3.63, 3.8) is 0 Å². The van der Waals surface area contributed by atoms with Crippen LogP contribution in [0.5, 0.6) is 0 Å². The molecule has 2 aromatic heterocycles. The number of hydroxylamine groups is 3. The molecule has 2 aromatic rings. The van der Waals surface area contributed by atoms with Crippen LogP contribution < -0.4 is 22.8 Å². The number of aromatic nitrogens is 4. The van der Waals surface area contributed by atoms with E-state index in [0.717, 1.165) is 0 Å². The van der Waals surface area contributed by atoms with Crippen LogP contribution in [-0.2, 0) is 23.1 Å². The van der Waals surface area contributed by atoms with Crippen LogP contribution in [-0.4, -0.2) is 91.2 Å². The predicted molar refractivity (Wildman–Crippen MR) is 148 cm³/mol. The lowest BCUT2D eigenvalue weighted by molar-refractivity contribution is -1.08. The number of aliphatic hydroxyl groups excluding tert-OH is 2. The maximum atomic E-state index is 12.4. The summed E-state index contributed by atoms with van der Waals surface area (Å²) in [5.41, 5.74) is 10.0. The summed E-state index contributed by atoms with van der Waals surface area (Å²) in [6.07, 6.45) is -1.29. The van der Waals surface area contributed by atoms with Crippen molar-refractivity contribution in [2.75, 3.05) is 44.3 Å². The molecule has 2 saturated heterocycles. The van der Waals surface area contributed by atoms with Gasteiger partial charge in [0.25, 0.3) is 0 Å². The monoisotopic (exact) mass is 601 g/mol. The number of hydrogen-bond acceptors (Lipinski definition) is 13. The predicted octanol–water partition coefficient (Wildman–Crippen LogP) is -0.238. The molecular weight excluding hydrogens is 561 g/mol. The van der Waals surface area contributed by atoms with Crippen LogP contribution in [0.1, 0.15) is 46.1 Å². The molecule has 16 nitrogen and oxygen atoms in total. The van der Waals surface area contributed by atoms with E-state index in [2.05, 4.69) is 9.97 Å². The van der Waals surface area contributed by atoms with Crippen molar-refractivity contribution in [1.29, 1.82) is 0 Å². The Balaban J connectivity index is 1.48. The molecule has 2 fully saturated rings. The molecule has 4 rings (SSSR count). The zero-order valence-corrected chi connectivity index (χ0v) is 24.4. The third kappa shape index (κ3) is 7.28. The van der Waals surface area contributed by atoms with Crippen molar-refractivity contribution in [3.05, 3.63) is 45.5 Å². The van der Waals surface area contributed by atoms with E-state index in [1.54, 1.807) is 0 Å². The van der Waals surface area contributed by atoms with Crippen molar-refractivity contribution >= 4 is 20.2 Å². The Morgan fingerprint density at radius 1 is 0.976 bits per heavy atom. The van der Waals surface area contributed by atoms with Gasteiger partial charge in [-0.3, -0.25) is 9.13 Å². The smallest absolute Gasteiger partial charge is 0.394 e. The van der Waals surface area contributed by atoms with Gasteiger partial charge in [-0.25, -0.2) is 9.59 Å². The van der Waals surface area contributed by atoms with Gasteiger partial charge in [-0.1, -0.05) is 0 Å². The van der Waals surface area contributed by atoms with Crippen LogP contribution in [0, 0.1) is 0 Å². The van der Waals surface area contributed by atoms with E-state index in [0.29, 0.717) is 19.6 Å². The molecular formula is C24H40N7O9P+2. The van der Waals surface area contributed by atoms with Gasteiger partial charge < -0.3 is 31.2 Å². The van der Waals surface area contributed by atoms with Crippen molar-refractivity contribution in [2.24, 2.45) is 0 Å². The maximum Gasteiger partial charge on any atom is 0.465 e. The average molecular weight is 602 g/mol. The fourth-order valence-corrected chi connectivity index (χ4v) is 6.53. The molecule has 2 aliphatic heterocycles. The Morgan fingerprint density at radius 2 is 1.51 bits per heavy atom. The highest BCUT2D eigenvalue weighted by atomic mass is 31.2. The normalized spacial score (nSPS) is 27.3. The van der Waals surface area contributed by atoms with Crippen molar-refractivity contribution in [3.8, 4) is 0 Å². The Kier molecular flexibility index (Phi) is 10.4. The highest BCUT2D eigenvalue weighted by Gasteiger charge is 2.47. The molecule has 0 spiro atoms. The van der Waals surface area contributed by atoms with E-state index in [9.17, 15) is 19.8 Å². The number of rotatable bonds is 13. The molecule has 228 valence electrons. The van der Waals surface area contributed by atoms with Gasteiger partial charge in [0, 0.05) is 29.9 Å². The highest BCUT2D eigenvalue weighted by Crippen LogP contribution is 2.48. The van der Waals surface area contributed by atoms with Crippen molar-refractivity contribution < 1.29 is 38.0 Å². The second-order valence-electron chi connectivity index (χ2n) is 9.88. The second kappa shape index (κ2) is 13.6. The molecule has 7 atom stereocenters. The molecule has 2 aliphatic rings. The summed E-state index contributed by atoms with van der Waals surface area (Å²) in [5.74, 6) is 0.180. The van der Waals surface area contributed by atoms with Crippen LogP contribution in [0.4, 0.5) is 11.6 Å². The first-order valence-corrected chi connectivity index (χ1v) is 14.9. The van der Waals surface area contributed by atoms with Crippen molar-refractivity contribution in [2.45, 2.75) is 70.5 Å². The average Bonchev–Trinajstić information content (AvgIpc) is 3.52.